The van der Waals surface area contributed by atoms with Gasteiger partial charge in [0.2, 0.25) is 5.88 Å². The minimum Gasteiger partial charge on any atom is -0.481 e. The van der Waals surface area contributed by atoms with Crippen molar-refractivity contribution < 1.29 is 24.1 Å². The van der Waals surface area contributed by atoms with Crippen molar-refractivity contribution in [3.05, 3.63) is 59.5 Å². The van der Waals surface area contributed by atoms with Crippen LogP contribution in [0.1, 0.15) is 17.5 Å². The molecule has 27 heavy (non-hydrogen) atoms. The third kappa shape index (κ3) is 4.26. The monoisotopic (exact) mass is 374 g/mol. The van der Waals surface area contributed by atoms with E-state index in [1.807, 2.05) is 17.0 Å². The summed E-state index contributed by atoms with van der Waals surface area (Å²) in [4.78, 5) is 18.3. The van der Waals surface area contributed by atoms with Crippen molar-refractivity contribution in [2.24, 2.45) is 5.41 Å². The lowest BCUT2D eigenvalue weighted by Crippen LogP contribution is -2.56. The van der Waals surface area contributed by atoms with Gasteiger partial charge < -0.3 is 14.9 Å². The molecular weight excluding hydrogens is 351 g/mol. The van der Waals surface area contributed by atoms with Crippen LogP contribution in [0.3, 0.4) is 0 Å². The third-order valence-corrected chi connectivity index (χ3v) is 5.14. The van der Waals surface area contributed by atoms with Crippen molar-refractivity contribution >= 4 is 5.97 Å². The summed E-state index contributed by atoms with van der Waals surface area (Å²) >= 11 is 0. The van der Waals surface area contributed by atoms with Crippen LogP contribution in [0.4, 0.5) is 4.39 Å². The molecule has 2 atom stereocenters. The molecule has 1 saturated heterocycles. The maximum Gasteiger partial charge on any atom is 0.313 e. The summed E-state index contributed by atoms with van der Waals surface area (Å²) in [6.07, 6.45) is 1.18. The van der Waals surface area contributed by atoms with Crippen molar-refractivity contribution in [2.45, 2.75) is 25.5 Å². The summed E-state index contributed by atoms with van der Waals surface area (Å²) in [6, 6.07) is 9.42. The highest BCUT2D eigenvalue weighted by molar-refractivity contribution is 5.76. The summed E-state index contributed by atoms with van der Waals surface area (Å²) in [5.74, 6) is -0.919. The molecule has 1 fully saturated rings. The Labute approximate surface area is 157 Å². The van der Waals surface area contributed by atoms with E-state index in [1.165, 1.54) is 12.1 Å². The first kappa shape index (κ1) is 19.3. The SMILES string of the molecule is COc1cc(CN2CC[C@@H](O)[C@](Cc3ccc(F)cc3)(C(=O)O)C2)ccn1. The van der Waals surface area contributed by atoms with Gasteiger partial charge in [0.15, 0.2) is 0 Å². The summed E-state index contributed by atoms with van der Waals surface area (Å²) in [5, 5.41) is 20.5. The van der Waals surface area contributed by atoms with Crippen LogP contribution in [-0.2, 0) is 17.8 Å². The van der Waals surface area contributed by atoms with Crippen LogP contribution in [-0.4, -0.2) is 52.4 Å². The number of aliphatic hydroxyl groups excluding tert-OH is 1. The fraction of sp³-hybridized carbons (Fsp3) is 0.400. The van der Waals surface area contributed by atoms with Gasteiger partial charge >= 0.3 is 5.97 Å². The molecule has 1 aromatic carbocycles. The van der Waals surface area contributed by atoms with Crippen molar-refractivity contribution in [2.75, 3.05) is 20.2 Å². The van der Waals surface area contributed by atoms with E-state index in [4.69, 9.17) is 4.74 Å². The molecule has 1 aliphatic rings. The number of halogens is 1. The number of hydrogen-bond acceptors (Lipinski definition) is 5. The predicted molar refractivity (Wildman–Crippen MR) is 96.9 cm³/mol. The molecule has 7 heteroatoms. The highest BCUT2D eigenvalue weighted by Gasteiger charge is 2.49. The number of aliphatic carboxylic acids is 1. The first-order valence-corrected chi connectivity index (χ1v) is 8.80. The Morgan fingerprint density at radius 3 is 2.74 bits per heavy atom. The number of nitrogens with zero attached hydrogens (tertiary/aromatic N) is 2. The third-order valence-electron chi connectivity index (χ3n) is 5.14. The number of hydrogen-bond donors (Lipinski definition) is 2. The number of piperidine rings is 1. The Balaban J connectivity index is 1.81. The number of aliphatic hydroxyl groups is 1. The number of ether oxygens (including phenoxy) is 1. The Morgan fingerprint density at radius 2 is 2.07 bits per heavy atom. The summed E-state index contributed by atoms with van der Waals surface area (Å²) < 4.78 is 18.3. The second-order valence-corrected chi connectivity index (χ2v) is 6.99. The number of methoxy groups -OCH3 is 1. The number of carboxylic acids is 1. The number of rotatable bonds is 6. The zero-order valence-electron chi connectivity index (χ0n) is 15.1. The largest absolute Gasteiger partial charge is 0.481 e. The van der Waals surface area contributed by atoms with E-state index < -0.39 is 17.5 Å². The molecular formula is C20H23FN2O4. The molecule has 2 aromatic rings. The van der Waals surface area contributed by atoms with Crippen molar-refractivity contribution in [1.29, 1.82) is 0 Å². The van der Waals surface area contributed by atoms with Gasteiger partial charge in [0.1, 0.15) is 11.2 Å². The molecule has 0 amide bonds. The Morgan fingerprint density at radius 1 is 1.33 bits per heavy atom. The molecule has 0 bridgehead atoms. The van der Waals surface area contributed by atoms with E-state index in [1.54, 1.807) is 25.4 Å². The smallest absolute Gasteiger partial charge is 0.313 e. The van der Waals surface area contributed by atoms with Crippen LogP contribution >= 0.6 is 0 Å². The number of pyridine rings is 1. The molecule has 1 aliphatic heterocycles. The molecule has 0 aliphatic carbocycles. The van der Waals surface area contributed by atoms with Gasteiger partial charge in [0.25, 0.3) is 0 Å². The summed E-state index contributed by atoms with van der Waals surface area (Å²) in [5.41, 5.74) is 0.303. The molecule has 0 saturated carbocycles. The second-order valence-electron chi connectivity index (χ2n) is 6.99. The molecule has 2 heterocycles. The zero-order valence-corrected chi connectivity index (χ0v) is 15.1. The van der Waals surface area contributed by atoms with Crippen LogP contribution < -0.4 is 4.74 Å². The fourth-order valence-corrected chi connectivity index (χ4v) is 3.64. The normalized spacial score (nSPS) is 23.1. The maximum absolute atomic E-state index is 13.2. The van der Waals surface area contributed by atoms with Gasteiger partial charge in [-0.1, -0.05) is 12.1 Å². The lowest BCUT2D eigenvalue weighted by atomic mass is 9.72. The van der Waals surface area contributed by atoms with Crippen LogP contribution in [0, 0.1) is 11.2 Å². The van der Waals surface area contributed by atoms with Crippen LogP contribution in [0.15, 0.2) is 42.6 Å². The minimum atomic E-state index is -1.34. The number of carboxylic acid groups (broad SMARTS) is 1. The molecule has 144 valence electrons. The lowest BCUT2D eigenvalue weighted by Gasteiger charge is -2.43. The minimum absolute atomic E-state index is 0.139. The van der Waals surface area contributed by atoms with E-state index in [-0.39, 0.29) is 18.8 Å². The fourth-order valence-electron chi connectivity index (χ4n) is 3.64. The van der Waals surface area contributed by atoms with Crippen LogP contribution in [0.5, 0.6) is 5.88 Å². The summed E-state index contributed by atoms with van der Waals surface area (Å²) in [6.45, 7) is 1.32. The zero-order chi connectivity index (χ0) is 19.4. The molecule has 6 nitrogen and oxygen atoms in total. The topological polar surface area (TPSA) is 82.9 Å². The van der Waals surface area contributed by atoms with Gasteiger partial charge in [0.05, 0.1) is 13.2 Å². The first-order valence-electron chi connectivity index (χ1n) is 8.80. The highest BCUT2D eigenvalue weighted by atomic mass is 19.1. The molecule has 0 radical (unpaired) electrons. The van der Waals surface area contributed by atoms with Crippen LogP contribution in [0.25, 0.3) is 0 Å². The highest BCUT2D eigenvalue weighted by Crippen LogP contribution is 2.35. The number of benzene rings is 1. The van der Waals surface area contributed by atoms with E-state index in [0.717, 1.165) is 5.56 Å². The predicted octanol–water partition coefficient (Wildman–Crippen LogP) is 2.11. The van der Waals surface area contributed by atoms with Crippen molar-refractivity contribution in [1.82, 2.24) is 9.88 Å². The maximum atomic E-state index is 13.2. The van der Waals surface area contributed by atoms with Crippen LogP contribution in [0.2, 0.25) is 0 Å². The molecule has 0 spiro atoms. The number of carbonyl (C=O) groups is 1. The van der Waals surface area contributed by atoms with Gasteiger partial charge in [0, 0.05) is 31.9 Å². The van der Waals surface area contributed by atoms with Gasteiger partial charge in [-0.15, -0.1) is 0 Å². The number of aromatic nitrogens is 1. The molecule has 1 aromatic heterocycles. The Hall–Kier alpha value is -2.51. The van der Waals surface area contributed by atoms with E-state index in [0.29, 0.717) is 31.0 Å². The quantitative estimate of drug-likeness (QED) is 0.806. The molecule has 2 N–H and O–H groups in total. The number of likely N-dealkylation sites (tertiary alicyclic amines) is 1. The van der Waals surface area contributed by atoms with Gasteiger partial charge in [-0.3, -0.25) is 9.69 Å². The van der Waals surface area contributed by atoms with E-state index in [2.05, 4.69) is 4.98 Å². The average Bonchev–Trinajstić information content (AvgIpc) is 2.66. The first-order chi connectivity index (χ1) is 12.9. The molecule has 0 unspecified atom stereocenters. The standard InChI is InChI=1S/C20H23FN2O4/c1-27-18-10-15(6-8-22-18)12-23-9-7-17(24)20(13-23,19(25)26)11-14-2-4-16(21)5-3-14/h2-6,8,10,17,24H,7,9,11-13H2,1H3,(H,25,26)/t17-,20-/m1/s1. The van der Waals surface area contributed by atoms with E-state index >= 15 is 0 Å². The van der Waals surface area contributed by atoms with Crippen molar-refractivity contribution in [3.8, 4) is 5.88 Å². The van der Waals surface area contributed by atoms with Gasteiger partial charge in [-0.25, -0.2) is 9.37 Å². The Bertz CT molecular complexity index is 799. The average molecular weight is 374 g/mol. The van der Waals surface area contributed by atoms with E-state index in [9.17, 15) is 19.4 Å². The Kier molecular flexibility index (Phi) is 5.72. The van der Waals surface area contributed by atoms with Gasteiger partial charge in [-0.05, 0) is 42.2 Å². The second kappa shape index (κ2) is 8.02. The summed E-state index contributed by atoms with van der Waals surface area (Å²) in [7, 11) is 1.54. The van der Waals surface area contributed by atoms with Gasteiger partial charge in [-0.2, -0.15) is 0 Å². The molecule has 3 rings (SSSR count). The lowest BCUT2D eigenvalue weighted by molar-refractivity contribution is -0.163. The van der Waals surface area contributed by atoms with Crippen molar-refractivity contribution in [3.63, 3.8) is 0 Å².